The largest absolute Gasteiger partial charge is 0.493 e. The summed E-state index contributed by atoms with van der Waals surface area (Å²) in [5.74, 6) is 0.596. The summed E-state index contributed by atoms with van der Waals surface area (Å²) >= 11 is 0. The number of benzene rings is 2. The molecule has 0 saturated carbocycles. The molecule has 0 bridgehead atoms. The van der Waals surface area contributed by atoms with Gasteiger partial charge in [-0.15, -0.1) is 0 Å². The molecule has 0 aliphatic carbocycles. The topological polar surface area (TPSA) is 247 Å². The maximum Gasteiger partial charge on any atom is 0.229 e. The van der Waals surface area contributed by atoms with E-state index in [9.17, 15) is 46.0 Å². The predicted octanol–water partition coefficient (Wildman–Crippen LogP) is -2.16. The second-order valence-electron chi connectivity index (χ2n) is 11.9. The fourth-order valence-electron chi connectivity index (χ4n) is 6.17. The molecular weight excluding hydrogens is 640 g/mol. The van der Waals surface area contributed by atoms with Crippen molar-refractivity contribution in [3.8, 4) is 23.0 Å². The van der Waals surface area contributed by atoms with Gasteiger partial charge < -0.3 is 79.1 Å². The SMILES string of the molecule is COc1cc(C2Oc3c(OC)cc(CCCO)cc3C2COC2OC(CO)C(O)C(O)C2O)ccc1OC1OC(CO)C(O)C(O)C1O. The molecule has 2 aromatic rings. The summed E-state index contributed by atoms with van der Waals surface area (Å²) in [5.41, 5.74) is 2.13. The molecule has 0 radical (unpaired) electrons. The molecule has 0 amide bonds. The van der Waals surface area contributed by atoms with Crippen LogP contribution < -0.4 is 18.9 Å². The van der Waals surface area contributed by atoms with Crippen LogP contribution in [0, 0.1) is 0 Å². The van der Waals surface area contributed by atoms with E-state index in [1.54, 1.807) is 12.1 Å². The summed E-state index contributed by atoms with van der Waals surface area (Å²) in [6.07, 6.45) is -14.5. The van der Waals surface area contributed by atoms with Crippen molar-refractivity contribution in [2.75, 3.05) is 40.6 Å². The van der Waals surface area contributed by atoms with Crippen LogP contribution >= 0.6 is 0 Å². The Morgan fingerprint density at radius 1 is 0.688 bits per heavy atom. The molecule has 3 aliphatic heterocycles. The van der Waals surface area contributed by atoms with E-state index in [-0.39, 0.29) is 24.7 Å². The molecule has 0 spiro atoms. The van der Waals surface area contributed by atoms with E-state index < -0.39 is 86.6 Å². The minimum absolute atomic E-state index is 0.0144. The van der Waals surface area contributed by atoms with Gasteiger partial charge in [0, 0.05) is 12.2 Å². The van der Waals surface area contributed by atoms with Gasteiger partial charge in [-0.3, -0.25) is 0 Å². The highest BCUT2D eigenvalue weighted by atomic mass is 16.7. The van der Waals surface area contributed by atoms with E-state index in [0.717, 1.165) is 5.56 Å². The van der Waals surface area contributed by atoms with Crippen molar-refractivity contribution >= 4 is 0 Å². The van der Waals surface area contributed by atoms with E-state index >= 15 is 0 Å². The number of aliphatic hydroxyl groups excluding tert-OH is 9. The maximum atomic E-state index is 10.6. The summed E-state index contributed by atoms with van der Waals surface area (Å²) in [6, 6.07) is 8.53. The number of hydrogen-bond acceptors (Lipinski definition) is 16. The van der Waals surface area contributed by atoms with Gasteiger partial charge in [0.25, 0.3) is 0 Å². The van der Waals surface area contributed by atoms with Gasteiger partial charge in [-0.2, -0.15) is 0 Å². The van der Waals surface area contributed by atoms with Crippen molar-refractivity contribution in [1.29, 1.82) is 0 Å². The first-order valence-electron chi connectivity index (χ1n) is 15.6. The Morgan fingerprint density at radius 3 is 1.92 bits per heavy atom. The van der Waals surface area contributed by atoms with Crippen LogP contribution in [0.4, 0.5) is 0 Å². The maximum absolute atomic E-state index is 10.6. The summed E-state index contributed by atoms with van der Waals surface area (Å²) in [7, 11) is 2.88. The first-order chi connectivity index (χ1) is 23.1. The Labute approximate surface area is 276 Å². The monoisotopic (exact) mass is 684 g/mol. The summed E-state index contributed by atoms with van der Waals surface area (Å²) in [4.78, 5) is 0. The molecule has 2 fully saturated rings. The average molecular weight is 685 g/mol. The molecule has 0 aromatic heterocycles. The number of hydrogen-bond donors (Lipinski definition) is 9. The smallest absolute Gasteiger partial charge is 0.229 e. The minimum Gasteiger partial charge on any atom is -0.493 e. The van der Waals surface area contributed by atoms with Gasteiger partial charge in [0.15, 0.2) is 29.3 Å². The van der Waals surface area contributed by atoms with Crippen molar-refractivity contribution in [2.45, 2.75) is 86.3 Å². The van der Waals surface area contributed by atoms with Crippen LogP contribution in [0.2, 0.25) is 0 Å². The molecule has 2 saturated heterocycles. The fraction of sp³-hybridized carbons (Fsp3) is 0.625. The molecular formula is C32H44O16. The molecule has 16 nitrogen and oxygen atoms in total. The molecule has 3 aliphatic rings. The van der Waals surface area contributed by atoms with Crippen LogP contribution in [-0.2, 0) is 20.6 Å². The normalized spacial score (nSPS) is 34.7. The number of methoxy groups -OCH3 is 2. The molecule has 2 aromatic carbocycles. The van der Waals surface area contributed by atoms with Crippen LogP contribution in [0.15, 0.2) is 30.3 Å². The molecule has 9 N–H and O–H groups in total. The van der Waals surface area contributed by atoms with Gasteiger partial charge in [-0.05, 0) is 42.2 Å². The molecule has 12 atom stereocenters. The van der Waals surface area contributed by atoms with E-state index in [1.165, 1.54) is 20.3 Å². The quantitative estimate of drug-likeness (QED) is 0.109. The standard InChI is InChI=1S/C32H44O16/c1-42-19-10-15(5-6-18(19)45-32-28(41)26(39)24(37)22(12-35)47-32)29-17(13-44-31-27(40)25(38)23(36)21(11-34)46-31)16-8-14(4-3-7-33)9-20(43-2)30(16)48-29/h5-6,8-10,17,21-29,31-41H,3-4,7,11-13H2,1-2H3. The highest BCUT2D eigenvalue weighted by Crippen LogP contribution is 2.52. The number of fused-ring (bicyclic) bond motifs is 1. The van der Waals surface area contributed by atoms with E-state index in [2.05, 4.69) is 0 Å². The third-order valence-corrected chi connectivity index (χ3v) is 8.89. The van der Waals surface area contributed by atoms with Crippen molar-refractivity contribution in [1.82, 2.24) is 0 Å². The van der Waals surface area contributed by atoms with Crippen LogP contribution in [0.3, 0.4) is 0 Å². The number of aryl methyl sites for hydroxylation is 1. The second-order valence-corrected chi connectivity index (χ2v) is 11.9. The van der Waals surface area contributed by atoms with Gasteiger partial charge >= 0.3 is 0 Å². The molecule has 5 rings (SSSR count). The zero-order valence-corrected chi connectivity index (χ0v) is 26.4. The Morgan fingerprint density at radius 2 is 1.31 bits per heavy atom. The molecule has 16 heteroatoms. The molecule has 48 heavy (non-hydrogen) atoms. The van der Waals surface area contributed by atoms with Gasteiger partial charge in [0.05, 0.1) is 40.0 Å². The fourth-order valence-corrected chi connectivity index (χ4v) is 6.17. The number of rotatable bonds is 13. The Balaban J connectivity index is 1.45. The Kier molecular flexibility index (Phi) is 12.0. The van der Waals surface area contributed by atoms with Crippen molar-refractivity contribution in [2.24, 2.45) is 0 Å². The van der Waals surface area contributed by atoms with Crippen molar-refractivity contribution in [3.63, 3.8) is 0 Å². The second kappa shape index (κ2) is 15.8. The van der Waals surface area contributed by atoms with Crippen LogP contribution in [0.25, 0.3) is 0 Å². The molecule has 3 heterocycles. The van der Waals surface area contributed by atoms with Crippen LogP contribution in [-0.4, -0.2) is 148 Å². The predicted molar refractivity (Wildman–Crippen MR) is 162 cm³/mol. The molecule has 12 unspecified atom stereocenters. The van der Waals surface area contributed by atoms with Gasteiger partial charge in [0.2, 0.25) is 6.29 Å². The van der Waals surface area contributed by atoms with Crippen LogP contribution in [0.1, 0.15) is 35.1 Å². The van der Waals surface area contributed by atoms with Gasteiger partial charge in [0.1, 0.15) is 54.9 Å². The lowest BCUT2D eigenvalue weighted by molar-refractivity contribution is -0.302. The Hall–Kier alpha value is -2.84. The summed E-state index contributed by atoms with van der Waals surface area (Å²) in [5, 5.41) is 90.4. The van der Waals surface area contributed by atoms with Crippen molar-refractivity contribution < 1.29 is 79.1 Å². The van der Waals surface area contributed by atoms with E-state index in [0.29, 0.717) is 35.5 Å². The first kappa shape index (κ1) is 36.4. The third kappa shape index (κ3) is 7.21. The summed E-state index contributed by atoms with van der Waals surface area (Å²) < 4.78 is 40.5. The minimum atomic E-state index is -1.64. The van der Waals surface area contributed by atoms with Crippen LogP contribution in [0.5, 0.6) is 23.0 Å². The third-order valence-electron chi connectivity index (χ3n) is 8.89. The Bertz CT molecular complexity index is 1360. The summed E-state index contributed by atoms with van der Waals surface area (Å²) in [6.45, 7) is -1.39. The average Bonchev–Trinajstić information content (AvgIpc) is 3.47. The van der Waals surface area contributed by atoms with E-state index in [4.69, 9.17) is 33.2 Å². The highest BCUT2D eigenvalue weighted by molar-refractivity contribution is 5.56. The van der Waals surface area contributed by atoms with Gasteiger partial charge in [-0.25, -0.2) is 0 Å². The highest BCUT2D eigenvalue weighted by Gasteiger charge is 2.47. The molecule has 268 valence electrons. The lowest BCUT2D eigenvalue weighted by Gasteiger charge is -2.40. The van der Waals surface area contributed by atoms with Crippen molar-refractivity contribution in [3.05, 3.63) is 47.0 Å². The zero-order chi connectivity index (χ0) is 34.7. The number of ether oxygens (including phenoxy) is 7. The lowest BCUT2D eigenvalue weighted by atomic mass is 9.90. The first-order valence-corrected chi connectivity index (χ1v) is 15.6. The van der Waals surface area contributed by atoms with Gasteiger partial charge in [-0.1, -0.05) is 12.1 Å². The lowest BCUT2D eigenvalue weighted by Crippen LogP contribution is -2.60. The number of aliphatic hydroxyl groups is 9. The zero-order valence-electron chi connectivity index (χ0n) is 26.4. The van der Waals surface area contributed by atoms with E-state index in [1.807, 2.05) is 12.1 Å².